The summed E-state index contributed by atoms with van der Waals surface area (Å²) in [5.74, 6) is 1.37. The molecule has 0 unspecified atom stereocenters. The van der Waals surface area contributed by atoms with Crippen molar-refractivity contribution in [3.05, 3.63) is 70.0 Å². The predicted molar refractivity (Wildman–Crippen MR) is 124 cm³/mol. The van der Waals surface area contributed by atoms with E-state index < -0.39 is 0 Å². The summed E-state index contributed by atoms with van der Waals surface area (Å²) in [6, 6.07) is 16.2. The fraction of sp³-hybridized carbons (Fsp3) is 0.333. The summed E-state index contributed by atoms with van der Waals surface area (Å²) in [6.07, 6.45) is 4.58. The van der Waals surface area contributed by atoms with E-state index in [0.29, 0.717) is 41.3 Å². The zero-order valence-electron chi connectivity index (χ0n) is 17.2. The minimum atomic E-state index is -0.0970. The van der Waals surface area contributed by atoms with Gasteiger partial charge in [-0.2, -0.15) is 0 Å². The lowest BCUT2D eigenvalue weighted by molar-refractivity contribution is 0.174. The maximum absolute atomic E-state index is 12.9. The summed E-state index contributed by atoms with van der Waals surface area (Å²) in [6.45, 7) is 1.35. The molecule has 5 rings (SSSR count). The van der Waals surface area contributed by atoms with Crippen LogP contribution < -0.4 is 20.3 Å². The number of thiocarbonyl (C=S) groups is 1. The van der Waals surface area contributed by atoms with Gasteiger partial charge in [-0.1, -0.05) is 43.2 Å². The maximum atomic E-state index is 12.9. The lowest BCUT2D eigenvalue weighted by Gasteiger charge is -2.31. The summed E-state index contributed by atoms with van der Waals surface area (Å²) < 4.78 is 10.9. The van der Waals surface area contributed by atoms with E-state index in [1.165, 1.54) is 18.4 Å². The zero-order chi connectivity index (χ0) is 21.2. The Hall–Kier alpha value is -3.06. The molecular formula is C24H25N3O3S. The average Bonchev–Trinajstić information content (AvgIpc) is 3.47. The first kappa shape index (κ1) is 19.9. The molecule has 1 aliphatic heterocycles. The number of benzene rings is 2. The Morgan fingerprint density at radius 1 is 1.10 bits per heavy atom. The van der Waals surface area contributed by atoms with Crippen LogP contribution in [0.1, 0.15) is 36.8 Å². The second-order valence-electron chi connectivity index (χ2n) is 8.13. The molecule has 1 aliphatic carbocycles. The van der Waals surface area contributed by atoms with Crippen LogP contribution in [-0.4, -0.2) is 27.8 Å². The number of pyridine rings is 1. The summed E-state index contributed by atoms with van der Waals surface area (Å²) in [5, 5.41) is 5.02. The Kier molecular flexibility index (Phi) is 5.51. The van der Waals surface area contributed by atoms with Crippen molar-refractivity contribution < 1.29 is 9.47 Å². The van der Waals surface area contributed by atoms with Gasteiger partial charge in [-0.25, -0.2) is 0 Å². The number of nitrogens with one attached hydrogen (secondary N) is 2. The van der Waals surface area contributed by atoms with Crippen molar-refractivity contribution in [2.24, 2.45) is 0 Å². The van der Waals surface area contributed by atoms with E-state index in [2.05, 4.69) is 27.3 Å². The number of aromatic amines is 1. The first-order valence-electron chi connectivity index (χ1n) is 10.7. The molecule has 1 fully saturated rings. The molecule has 2 aliphatic rings. The van der Waals surface area contributed by atoms with Crippen molar-refractivity contribution in [2.45, 2.75) is 44.8 Å². The first-order valence-corrected chi connectivity index (χ1v) is 11.1. The Balaban J connectivity index is 1.40. The normalized spacial score (nSPS) is 15.4. The summed E-state index contributed by atoms with van der Waals surface area (Å²) in [4.78, 5) is 18.1. The standard InChI is InChI=1S/C24H25N3O3S/c28-23-18(10-17-11-21-22(30-15-29-21)12-20(17)26-23)14-27(19-8-4-5-9-19)24(31)25-13-16-6-2-1-3-7-16/h1-3,6-7,10-12,19H,4-5,8-9,13-15H2,(H,25,31)(H,26,28). The van der Waals surface area contributed by atoms with Crippen molar-refractivity contribution in [3.63, 3.8) is 0 Å². The molecule has 0 amide bonds. The molecule has 0 saturated heterocycles. The minimum Gasteiger partial charge on any atom is -0.454 e. The van der Waals surface area contributed by atoms with Gasteiger partial charge in [-0.3, -0.25) is 4.79 Å². The summed E-state index contributed by atoms with van der Waals surface area (Å²) in [7, 11) is 0. The lowest BCUT2D eigenvalue weighted by atomic mass is 10.1. The molecule has 7 heteroatoms. The number of ether oxygens (including phenoxy) is 2. The fourth-order valence-corrected chi connectivity index (χ4v) is 4.69. The van der Waals surface area contributed by atoms with Crippen molar-refractivity contribution in [2.75, 3.05) is 6.79 Å². The van der Waals surface area contributed by atoms with E-state index in [1.54, 1.807) is 0 Å². The Morgan fingerprint density at radius 2 is 1.84 bits per heavy atom. The molecular weight excluding hydrogens is 410 g/mol. The molecule has 3 aromatic rings. The molecule has 1 saturated carbocycles. The number of H-pyrrole nitrogens is 1. The van der Waals surface area contributed by atoms with Crippen LogP contribution in [-0.2, 0) is 13.1 Å². The highest BCUT2D eigenvalue weighted by atomic mass is 32.1. The van der Waals surface area contributed by atoms with Crippen LogP contribution in [0.15, 0.2) is 53.3 Å². The van der Waals surface area contributed by atoms with E-state index in [-0.39, 0.29) is 12.4 Å². The van der Waals surface area contributed by atoms with Crippen LogP contribution in [0.2, 0.25) is 0 Å². The van der Waals surface area contributed by atoms with Crippen LogP contribution in [0, 0.1) is 0 Å². The van der Waals surface area contributed by atoms with Crippen LogP contribution in [0.25, 0.3) is 10.9 Å². The Bertz CT molecular complexity index is 1160. The van der Waals surface area contributed by atoms with E-state index in [1.807, 2.05) is 36.4 Å². The van der Waals surface area contributed by atoms with Crippen molar-refractivity contribution in [1.82, 2.24) is 15.2 Å². The molecule has 2 heterocycles. The molecule has 0 radical (unpaired) electrons. The summed E-state index contributed by atoms with van der Waals surface area (Å²) >= 11 is 5.78. The number of fused-ring (bicyclic) bond motifs is 2. The van der Waals surface area contributed by atoms with Gasteiger partial charge in [0, 0.05) is 29.6 Å². The predicted octanol–water partition coefficient (Wildman–Crippen LogP) is 4.08. The highest BCUT2D eigenvalue weighted by Crippen LogP contribution is 2.35. The highest BCUT2D eigenvalue weighted by Gasteiger charge is 2.26. The monoisotopic (exact) mass is 435 g/mol. The van der Waals surface area contributed by atoms with E-state index in [9.17, 15) is 4.79 Å². The van der Waals surface area contributed by atoms with Gasteiger partial charge >= 0.3 is 0 Å². The minimum absolute atomic E-state index is 0.0970. The van der Waals surface area contributed by atoms with Crippen LogP contribution in [0.4, 0.5) is 0 Å². The van der Waals surface area contributed by atoms with Crippen LogP contribution >= 0.6 is 12.2 Å². The number of nitrogens with zero attached hydrogens (tertiary/aromatic N) is 1. The van der Waals surface area contributed by atoms with Gasteiger partial charge in [0.15, 0.2) is 16.6 Å². The zero-order valence-corrected chi connectivity index (χ0v) is 18.0. The van der Waals surface area contributed by atoms with Gasteiger partial charge < -0.3 is 24.7 Å². The second kappa shape index (κ2) is 8.59. The highest BCUT2D eigenvalue weighted by molar-refractivity contribution is 7.80. The third kappa shape index (κ3) is 4.23. The molecule has 1 aromatic heterocycles. The molecule has 2 N–H and O–H groups in total. The molecule has 0 bridgehead atoms. The second-order valence-corrected chi connectivity index (χ2v) is 8.51. The molecule has 6 nitrogen and oxygen atoms in total. The smallest absolute Gasteiger partial charge is 0.253 e. The molecule has 31 heavy (non-hydrogen) atoms. The number of rotatable bonds is 5. The van der Waals surface area contributed by atoms with Gasteiger partial charge in [0.05, 0.1) is 12.1 Å². The largest absolute Gasteiger partial charge is 0.454 e. The van der Waals surface area contributed by atoms with Crippen molar-refractivity contribution in [3.8, 4) is 11.5 Å². The Morgan fingerprint density at radius 3 is 2.61 bits per heavy atom. The van der Waals surface area contributed by atoms with Gasteiger partial charge in [-0.15, -0.1) is 0 Å². The SMILES string of the molecule is O=c1[nH]c2cc3c(cc2cc1CN(C(=S)NCc1ccccc1)C1CCCC1)OCO3. The quantitative estimate of drug-likeness (QED) is 0.589. The van der Waals surface area contributed by atoms with Gasteiger partial charge in [-0.05, 0) is 42.8 Å². The Labute approximate surface area is 186 Å². The van der Waals surface area contributed by atoms with Gasteiger partial charge in [0.1, 0.15) is 0 Å². The third-order valence-electron chi connectivity index (χ3n) is 6.07. The molecule has 0 atom stereocenters. The van der Waals surface area contributed by atoms with Gasteiger partial charge in [0.2, 0.25) is 6.79 Å². The number of hydrogen-bond donors (Lipinski definition) is 2. The average molecular weight is 436 g/mol. The topological polar surface area (TPSA) is 66.6 Å². The van der Waals surface area contributed by atoms with Gasteiger partial charge in [0.25, 0.3) is 5.56 Å². The van der Waals surface area contributed by atoms with E-state index in [4.69, 9.17) is 21.7 Å². The summed E-state index contributed by atoms with van der Waals surface area (Å²) in [5.41, 5.74) is 2.52. The van der Waals surface area contributed by atoms with Crippen molar-refractivity contribution in [1.29, 1.82) is 0 Å². The molecule has 160 valence electrons. The molecule has 2 aromatic carbocycles. The van der Waals surface area contributed by atoms with Crippen LogP contribution in [0.5, 0.6) is 11.5 Å². The first-order chi connectivity index (χ1) is 15.2. The van der Waals surface area contributed by atoms with Crippen molar-refractivity contribution >= 4 is 28.2 Å². The lowest BCUT2D eigenvalue weighted by Crippen LogP contribution is -2.45. The van der Waals surface area contributed by atoms with E-state index >= 15 is 0 Å². The number of hydrogen-bond acceptors (Lipinski definition) is 4. The number of aromatic nitrogens is 1. The van der Waals surface area contributed by atoms with Crippen LogP contribution in [0.3, 0.4) is 0 Å². The van der Waals surface area contributed by atoms with E-state index in [0.717, 1.165) is 23.7 Å². The molecule has 0 spiro atoms. The maximum Gasteiger partial charge on any atom is 0.253 e. The fourth-order valence-electron chi connectivity index (χ4n) is 4.40. The third-order valence-corrected chi connectivity index (χ3v) is 6.45.